The topological polar surface area (TPSA) is 60.9 Å². The quantitative estimate of drug-likeness (QED) is 0.799. The highest BCUT2D eigenvalue weighted by Crippen LogP contribution is 2.24. The number of hydrogen-bond donors (Lipinski definition) is 1. The van der Waals surface area contributed by atoms with Gasteiger partial charge in [-0.25, -0.2) is 0 Å². The third kappa shape index (κ3) is 2.61. The number of aliphatic hydroxyl groups is 1. The van der Waals surface area contributed by atoms with Crippen LogP contribution in [0.2, 0.25) is 0 Å². The lowest BCUT2D eigenvalue weighted by Gasteiger charge is -2.31. The number of nitrogens with zero attached hydrogens (tertiary/aromatic N) is 2. The van der Waals surface area contributed by atoms with E-state index >= 15 is 0 Å². The molecular weight excluding hydrogens is 244 g/mol. The molecule has 1 aromatic rings. The number of hydrogen-bond acceptors (Lipinski definition) is 3. The van der Waals surface area contributed by atoms with Gasteiger partial charge in [0.15, 0.2) is 0 Å². The van der Waals surface area contributed by atoms with Gasteiger partial charge in [-0.2, -0.15) is 0 Å². The largest absolute Gasteiger partial charge is 0.386 e. The molecule has 0 unspecified atom stereocenters. The van der Waals surface area contributed by atoms with E-state index in [1.807, 2.05) is 0 Å². The fourth-order valence-electron chi connectivity index (χ4n) is 2.03. The highest BCUT2D eigenvalue weighted by atomic mass is 16.3. The second kappa shape index (κ2) is 4.66. The van der Waals surface area contributed by atoms with Gasteiger partial charge in [-0.15, -0.1) is 0 Å². The van der Waals surface area contributed by atoms with Crippen LogP contribution in [0.1, 0.15) is 19.4 Å². The molecule has 102 valence electrons. The maximum Gasteiger partial charge on any atom is 0.316 e. The molecule has 0 aromatic heterocycles. The number of anilines is 1. The molecule has 1 N–H and O–H groups in total. The van der Waals surface area contributed by atoms with Gasteiger partial charge in [0, 0.05) is 25.8 Å². The Kier molecular flexibility index (Phi) is 3.32. The molecule has 1 fully saturated rings. The Hall–Kier alpha value is -1.88. The highest BCUT2D eigenvalue weighted by molar-refractivity contribution is 6.40. The molecule has 0 bridgehead atoms. The monoisotopic (exact) mass is 262 g/mol. The van der Waals surface area contributed by atoms with Crippen molar-refractivity contribution in [3.05, 3.63) is 29.8 Å². The third-order valence-electron chi connectivity index (χ3n) is 3.32. The van der Waals surface area contributed by atoms with E-state index in [0.717, 1.165) is 5.56 Å². The van der Waals surface area contributed by atoms with E-state index in [2.05, 4.69) is 0 Å². The molecule has 0 aliphatic carbocycles. The van der Waals surface area contributed by atoms with Crippen LogP contribution < -0.4 is 4.90 Å². The van der Waals surface area contributed by atoms with Gasteiger partial charge in [0.05, 0.1) is 5.60 Å². The summed E-state index contributed by atoms with van der Waals surface area (Å²) in [7, 11) is 1.62. The van der Waals surface area contributed by atoms with Crippen LogP contribution in [0, 0.1) is 0 Å². The molecule has 5 heteroatoms. The zero-order chi connectivity index (χ0) is 14.2. The van der Waals surface area contributed by atoms with Crippen LogP contribution in [0.3, 0.4) is 0 Å². The standard InChI is InChI=1S/C14H18N2O3/c1-14(2,19)10-4-6-11(7-5-10)16-9-8-15(3)12(17)13(16)18/h4-7,19H,8-9H2,1-3H3. The molecule has 1 aliphatic rings. The predicted octanol–water partition coefficient (Wildman–Crippen LogP) is 0.719. The van der Waals surface area contributed by atoms with E-state index in [4.69, 9.17) is 0 Å². The summed E-state index contributed by atoms with van der Waals surface area (Å²) < 4.78 is 0. The van der Waals surface area contributed by atoms with Crippen LogP contribution in [0.4, 0.5) is 5.69 Å². The van der Waals surface area contributed by atoms with E-state index in [-0.39, 0.29) is 0 Å². The third-order valence-corrected chi connectivity index (χ3v) is 3.32. The Morgan fingerprint density at radius 2 is 1.63 bits per heavy atom. The van der Waals surface area contributed by atoms with Crippen molar-refractivity contribution >= 4 is 17.5 Å². The average molecular weight is 262 g/mol. The number of benzene rings is 1. The summed E-state index contributed by atoms with van der Waals surface area (Å²) in [5.74, 6) is -0.998. The molecule has 1 aromatic carbocycles. The fourth-order valence-corrected chi connectivity index (χ4v) is 2.03. The summed E-state index contributed by atoms with van der Waals surface area (Å²) in [4.78, 5) is 26.4. The summed E-state index contributed by atoms with van der Waals surface area (Å²) >= 11 is 0. The molecule has 0 saturated carbocycles. The molecule has 0 radical (unpaired) electrons. The van der Waals surface area contributed by atoms with Gasteiger partial charge in [-0.3, -0.25) is 9.59 Å². The SMILES string of the molecule is CN1CCN(c2ccc(C(C)(C)O)cc2)C(=O)C1=O. The molecule has 2 amide bonds. The van der Waals surface area contributed by atoms with E-state index in [0.29, 0.717) is 18.8 Å². The molecule has 1 aliphatic heterocycles. The maximum absolute atomic E-state index is 11.9. The number of carbonyl (C=O) groups is 2. The molecule has 2 rings (SSSR count). The molecule has 0 atom stereocenters. The van der Waals surface area contributed by atoms with E-state index < -0.39 is 17.4 Å². The van der Waals surface area contributed by atoms with Gasteiger partial charge in [-0.05, 0) is 31.5 Å². The smallest absolute Gasteiger partial charge is 0.316 e. The number of amides is 2. The van der Waals surface area contributed by atoms with Crippen molar-refractivity contribution < 1.29 is 14.7 Å². The lowest BCUT2D eigenvalue weighted by Crippen LogP contribution is -2.53. The van der Waals surface area contributed by atoms with Crippen molar-refractivity contribution in [2.45, 2.75) is 19.4 Å². The van der Waals surface area contributed by atoms with Gasteiger partial charge in [0.25, 0.3) is 0 Å². The van der Waals surface area contributed by atoms with E-state index in [1.165, 1.54) is 9.80 Å². The van der Waals surface area contributed by atoms with Gasteiger partial charge in [0.1, 0.15) is 0 Å². The van der Waals surface area contributed by atoms with Crippen molar-refractivity contribution in [3.8, 4) is 0 Å². The van der Waals surface area contributed by atoms with Gasteiger partial charge in [0.2, 0.25) is 0 Å². The first kappa shape index (κ1) is 13.5. The average Bonchev–Trinajstić information content (AvgIpc) is 2.35. The first-order valence-electron chi connectivity index (χ1n) is 6.20. The van der Waals surface area contributed by atoms with Crippen molar-refractivity contribution in [1.82, 2.24) is 4.90 Å². The highest BCUT2D eigenvalue weighted by Gasteiger charge is 2.31. The minimum Gasteiger partial charge on any atom is -0.386 e. The van der Waals surface area contributed by atoms with E-state index in [9.17, 15) is 14.7 Å². The summed E-state index contributed by atoms with van der Waals surface area (Å²) in [6, 6.07) is 7.05. The number of carbonyl (C=O) groups excluding carboxylic acids is 2. The molecular formula is C14H18N2O3. The Morgan fingerprint density at radius 1 is 1.05 bits per heavy atom. The van der Waals surface area contributed by atoms with Crippen LogP contribution in [0.25, 0.3) is 0 Å². The van der Waals surface area contributed by atoms with Crippen LogP contribution in [-0.2, 0) is 15.2 Å². The van der Waals surface area contributed by atoms with Crippen LogP contribution in [0.15, 0.2) is 24.3 Å². The summed E-state index contributed by atoms with van der Waals surface area (Å²) in [6.07, 6.45) is 0. The van der Waals surface area contributed by atoms with Gasteiger partial charge < -0.3 is 14.9 Å². The normalized spacial score (nSPS) is 17.1. The molecule has 1 saturated heterocycles. The van der Waals surface area contributed by atoms with Crippen LogP contribution in [0.5, 0.6) is 0 Å². The van der Waals surface area contributed by atoms with Gasteiger partial charge >= 0.3 is 11.8 Å². The lowest BCUT2D eigenvalue weighted by molar-refractivity contribution is -0.145. The Labute approximate surface area is 112 Å². The van der Waals surface area contributed by atoms with Crippen LogP contribution in [-0.4, -0.2) is 42.0 Å². The van der Waals surface area contributed by atoms with Crippen molar-refractivity contribution in [3.63, 3.8) is 0 Å². The number of piperazine rings is 1. The van der Waals surface area contributed by atoms with Crippen molar-refractivity contribution in [2.24, 2.45) is 0 Å². The molecule has 19 heavy (non-hydrogen) atoms. The predicted molar refractivity (Wildman–Crippen MR) is 71.7 cm³/mol. The van der Waals surface area contributed by atoms with Crippen molar-refractivity contribution in [1.29, 1.82) is 0 Å². The minimum atomic E-state index is -0.916. The zero-order valence-corrected chi connectivity index (χ0v) is 11.4. The second-order valence-corrected chi connectivity index (χ2v) is 5.29. The van der Waals surface area contributed by atoms with Gasteiger partial charge in [-0.1, -0.05) is 12.1 Å². The Bertz CT molecular complexity index is 502. The Morgan fingerprint density at radius 3 is 2.16 bits per heavy atom. The van der Waals surface area contributed by atoms with Crippen molar-refractivity contribution in [2.75, 3.05) is 25.0 Å². The molecule has 0 spiro atoms. The van der Waals surface area contributed by atoms with E-state index in [1.54, 1.807) is 45.2 Å². The maximum atomic E-state index is 11.9. The Balaban J connectivity index is 2.24. The first-order valence-corrected chi connectivity index (χ1v) is 6.20. The first-order chi connectivity index (χ1) is 8.80. The molecule has 1 heterocycles. The molecule has 5 nitrogen and oxygen atoms in total. The number of likely N-dealkylation sites (N-methyl/N-ethyl adjacent to an activating group) is 1. The fraction of sp³-hybridized carbons (Fsp3) is 0.429. The summed E-state index contributed by atoms with van der Waals surface area (Å²) in [5.41, 5.74) is 0.532. The number of rotatable bonds is 2. The minimum absolute atomic E-state index is 0.488. The second-order valence-electron chi connectivity index (χ2n) is 5.29. The summed E-state index contributed by atoms with van der Waals surface area (Å²) in [5, 5.41) is 9.88. The van der Waals surface area contributed by atoms with Crippen LogP contribution >= 0.6 is 0 Å². The zero-order valence-electron chi connectivity index (χ0n) is 11.4. The lowest BCUT2D eigenvalue weighted by atomic mass is 9.98. The summed E-state index contributed by atoms with van der Waals surface area (Å²) in [6.45, 7) is 4.42.